The van der Waals surface area contributed by atoms with E-state index in [1.165, 1.54) is 18.2 Å². The van der Waals surface area contributed by atoms with Crippen molar-refractivity contribution in [3.8, 4) is 11.5 Å². The summed E-state index contributed by atoms with van der Waals surface area (Å²) in [6.07, 6.45) is 1.94. The molecule has 0 fully saturated rings. The Morgan fingerprint density at radius 1 is 0.724 bits per heavy atom. The lowest BCUT2D eigenvalue weighted by Gasteiger charge is -2.11. The van der Waals surface area contributed by atoms with Crippen LogP contribution in [0.5, 0.6) is 11.5 Å². The molecule has 0 aliphatic heterocycles. The van der Waals surface area contributed by atoms with Gasteiger partial charge >= 0.3 is 5.69 Å². The molecule has 0 atom stereocenters. The van der Waals surface area contributed by atoms with Crippen LogP contribution < -0.4 is 9.47 Å². The Balaban J connectivity index is 2.32. The standard InChI is InChI=1S/C20H33NO8/c1-3-7-24-9-11-26-13-15-28-18-5-6-19(21(22)23)20(17-18)29-16-14-27-12-10-25-8-4-2/h5-6,17H,3-4,7-16H2,1-2H3. The summed E-state index contributed by atoms with van der Waals surface area (Å²) < 4.78 is 32.5. The average Bonchev–Trinajstić information content (AvgIpc) is 2.72. The zero-order chi connectivity index (χ0) is 21.2. The predicted molar refractivity (Wildman–Crippen MR) is 108 cm³/mol. The second-order valence-corrected chi connectivity index (χ2v) is 6.03. The van der Waals surface area contributed by atoms with E-state index in [2.05, 4.69) is 0 Å². The monoisotopic (exact) mass is 415 g/mol. The minimum absolute atomic E-state index is 0.118. The van der Waals surface area contributed by atoms with Gasteiger partial charge in [0, 0.05) is 25.3 Å². The van der Waals surface area contributed by atoms with Crippen LogP contribution in [0.25, 0.3) is 0 Å². The van der Waals surface area contributed by atoms with Crippen LogP contribution in [0.2, 0.25) is 0 Å². The molecule has 0 aromatic heterocycles. The first-order valence-corrected chi connectivity index (χ1v) is 10.0. The summed E-state index contributed by atoms with van der Waals surface area (Å²) in [7, 11) is 0. The van der Waals surface area contributed by atoms with Gasteiger partial charge in [0.05, 0.1) is 44.6 Å². The van der Waals surface area contributed by atoms with Gasteiger partial charge in [-0.3, -0.25) is 10.1 Å². The molecule has 29 heavy (non-hydrogen) atoms. The van der Waals surface area contributed by atoms with Crippen LogP contribution in [0.3, 0.4) is 0 Å². The zero-order valence-electron chi connectivity index (χ0n) is 17.4. The Kier molecular flexibility index (Phi) is 14.7. The van der Waals surface area contributed by atoms with Crippen molar-refractivity contribution in [2.75, 3.05) is 66.1 Å². The molecule has 1 aromatic rings. The molecule has 0 aliphatic rings. The fourth-order valence-corrected chi connectivity index (χ4v) is 2.21. The third-order valence-corrected chi connectivity index (χ3v) is 3.55. The largest absolute Gasteiger partial charge is 0.491 e. The average molecular weight is 415 g/mol. The number of ether oxygens (including phenoxy) is 6. The molecule has 0 N–H and O–H groups in total. The molecular weight excluding hydrogens is 382 g/mol. The second-order valence-electron chi connectivity index (χ2n) is 6.03. The van der Waals surface area contributed by atoms with E-state index in [1.807, 2.05) is 13.8 Å². The van der Waals surface area contributed by atoms with Gasteiger partial charge in [-0.05, 0) is 18.9 Å². The highest BCUT2D eigenvalue weighted by Gasteiger charge is 2.16. The minimum Gasteiger partial charge on any atom is -0.491 e. The molecule has 0 aliphatic carbocycles. The molecule has 0 radical (unpaired) electrons. The quantitative estimate of drug-likeness (QED) is 0.193. The van der Waals surface area contributed by atoms with Crippen LogP contribution in [-0.4, -0.2) is 71.0 Å². The number of nitro groups is 1. The normalized spacial score (nSPS) is 10.8. The van der Waals surface area contributed by atoms with Crippen molar-refractivity contribution >= 4 is 5.69 Å². The van der Waals surface area contributed by atoms with Crippen molar-refractivity contribution in [3.05, 3.63) is 28.3 Å². The summed E-state index contributed by atoms with van der Waals surface area (Å²) in [5.41, 5.74) is -0.118. The highest BCUT2D eigenvalue weighted by molar-refractivity contribution is 5.50. The van der Waals surface area contributed by atoms with Crippen molar-refractivity contribution in [1.29, 1.82) is 0 Å². The van der Waals surface area contributed by atoms with E-state index in [9.17, 15) is 10.1 Å². The maximum absolute atomic E-state index is 11.2. The molecule has 0 unspecified atom stereocenters. The first kappa shape index (κ1) is 25.1. The molecule has 1 aromatic carbocycles. The van der Waals surface area contributed by atoms with Crippen LogP contribution in [0, 0.1) is 10.1 Å². The number of hydrogen-bond acceptors (Lipinski definition) is 8. The maximum Gasteiger partial charge on any atom is 0.311 e. The van der Waals surface area contributed by atoms with E-state index in [-0.39, 0.29) is 18.0 Å². The third kappa shape index (κ3) is 12.3. The summed E-state index contributed by atoms with van der Waals surface area (Å²) >= 11 is 0. The molecule has 0 spiro atoms. The summed E-state index contributed by atoms with van der Waals surface area (Å²) in [5.74, 6) is 0.623. The lowest BCUT2D eigenvalue weighted by Crippen LogP contribution is -2.12. The minimum atomic E-state index is -0.488. The fraction of sp³-hybridized carbons (Fsp3) is 0.700. The highest BCUT2D eigenvalue weighted by Crippen LogP contribution is 2.31. The lowest BCUT2D eigenvalue weighted by molar-refractivity contribution is -0.385. The van der Waals surface area contributed by atoms with E-state index in [1.54, 1.807) is 0 Å². The van der Waals surface area contributed by atoms with Gasteiger partial charge in [-0.2, -0.15) is 0 Å². The SMILES string of the molecule is CCCOCCOCCOc1ccc([N+](=O)[O-])c(OCCOCCOCCC)c1. The summed E-state index contributed by atoms with van der Waals surface area (Å²) in [6.45, 7) is 8.77. The Hall–Kier alpha value is -1.94. The van der Waals surface area contributed by atoms with E-state index in [0.717, 1.165) is 19.4 Å². The molecule has 9 heteroatoms. The topological polar surface area (TPSA) is 98.5 Å². The number of nitrogens with zero attached hydrogens (tertiary/aromatic N) is 1. The number of nitro benzene ring substituents is 1. The molecule has 0 saturated carbocycles. The highest BCUT2D eigenvalue weighted by atomic mass is 16.6. The van der Waals surface area contributed by atoms with Crippen molar-refractivity contribution < 1.29 is 33.3 Å². The lowest BCUT2D eigenvalue weighted by atomic mass is 10.3. The number of rotatable bonds is 19. The van der Waals surface area contributed by atoms with Gasteiger partial charge < -0.3 is 28.4 Å². The van der Waals surface area contributed by atoms with Crippen LogP contribution in [0.4, 0.5) is 5.69 Å². The van der Waals surface area contributed by atoms with Gasteiger partial charge in [0.1, 0.15) is 19.0 Å². The van der Waals surface area contributed by atoms with Crippen molar-refractivity contribution in [2.45, 2.75) is 26.7 Å². The molecule has 166 valence electrons. The number of benzene rings is 1. The fourth-order valence-electron chi connectivity index (χ4n) is 2.21. The van der Waals surface area contributed by atoms with Crippen molar-refractivity contribution in [2.24, 2.45) is 0 Å². The Bertz CT molecular complexity index is 555. The molecule has 0 amide bonds. The Morgan fingerprint density at radius 2 is 1.21 bits per heavy atom. The van der Waals surface area contributed by atoms with Gasteiger partial charge in [0.2, 0.25) is 5.75 Å². The molecular formula is C20H33NO8. The number of hydrogen-bond donors (Lipinski definition) is 0. The van der Waals surface area contributed by atoms with E-state index >= 15 is 0 Å². The summed E-state index contributed by atoms with van der Waals surface area (Å²) in [6, 6.07) is 4.41. The third-order valence-electron chi connectivity index (χ3n) is 3.55. The van der Waals surface area contributed by atoms with Crippen molar-refractivity contribution in [1.82, 2.24) is 0 Å². The van der Waals surface area contributed by atoms with Crippen LogP contribution in [-0.2, 0) is 18.9 Å². The predicted octanol–water partition coefficient (Wildman–Crippen LogP) is 3.24. The van der Waals surface area contributed by atoms with Crippen LogP contribution in [0.1, 0.15) is 26.7 Å². The second kappa shape index (κ2) is 17.0. The molecule has 0 bridgehead atoms. The van der Waals surface area contributed by atoms with E-state index < -0.39 is 4.92 Å². The molecule has 9 nitrogen and oxygen atoms in total. The Morgan fingerprint density at radius 3 is 1.72 bits per heavy atom. The van der Waals surface area contributed by atoms with Crippen molar-refractivity contribution in [3.63, 3.8) is 0 Å². The summed E-state index contributed by atoms with van der Waals surface area (Å²) in [5, 5.41) is 11.2. The first-order chi connectivity index (χ1) is 14.2. The van der Waals surface area contributed by atoms with Gasteiger partial charge in [0.15, 0.2) is 0 Å². The van der Waals surface area contributed by atoms with Gasteiger partial charge in [0.25, 0.3) is 0 Å². The molecule has 0 saturated heterocycles. The Labute approximate surface area is 172 Å². The van der Waals surface area contributed by atoms with Gasteiger partial charge in [-0.15, -0.1) is 0 Å². The maximum atomic E-state index is 11.2. The zero-order valence-corrected chi connectivity index (χ0v) is 17.4. The smallest absolute Gasteiger partial charge is 0.311 e. The molecule has 0 heterocycles. The first-order valence-electron chi connectivity index (χ1n) is 10.0. The molecule has 1 rings (SSSR count). The van der Waals surface area contributed by atoms with E-state index in [4.69, 9.17) is 28.4 Å². The van der Waals surface area contributed by atoms with Crippen LogP contribution >= 0.6 is 0 Å². The summed E-state index contributed by atoms with van der Waals surface area (Å²) in [4.78, 5) is 10.7. The van der Waals surface area contributed by atoms with Crippen LogP contribution in [0.15, 0.2) is 18.2 Å². The van der Waals surface area contributed by atoms with Gasteiger partial charge in [-0.25, -0.2) is 0 Å². The van der Waals surface area contributed by atoms with E-state index in [0.29, 0.717) is 58.6 Å². The van der Waals surface area contributed by atoms with Gasteiger partial charge in [-0.1, -0.05) is 13.8 Å².